The van der Waals surface area contributed by atoms with E-state index >= 15 is 0 Å². The molecular formula is C9H9I3. The van der Waals surface area contributed by atoms with Crippen molar-refractivity contribution in [3.63, 3.8) is 0 Å². The van der Waals surface area contributed by atoms with Gasteiger partial charge in [-0.05, 0) is 12.0 Å². The summed E-state index contributed by atoms with van der Waals surface area (Å²) in [4.78, 5) is 0. The van der Waals surface area contributed by atoms with Crippen molar-refractivity contribution < 1.29 is 0 Å². The molecule has 0 N–H and O–H groups in total. The van der Waals surface area contributed by atoms with E-state index in [1.54, 1.807) is 0 Å². The molecule has 0 amide bonds. The summed E-state index contributed by atoms with van der Waals surface area (Å²) < 4.78 is 1.38. The Balaban J connectivity index is 2.59. The quantitative estimate of drug-likeness (QED) is 0.418. The molecule has 0 aliphatic rings. The minimum absolute atomic E-state index is 0.655. The third kappa shape index (κ3) is 4.08. The van der Waals surface area contributed by atoms with Gasteiger partial charge in [-0.15, -0.1) is 0 Å². The Morgan fingerprint density at radius 2 is 1.58 bits per heavy atom. The van der Waals surface area contributed by atoms with E-state index in [0.717, 1.165) is 1.93 Å². The maximum atomic E-state index is 2.51. The van der Waals surface area contributed by atoms with E-state index in [1.807, 2.05) is 0 Å². The van der Waals surface area contributed by atoms with Gasteiger partial charge in [-0.2, -0.15) is 0 Å². The highest BCUT2D eigenvalue weighted by Gasteiger charge is 2.09. The van der Waals surface area contributed by atoms with Crippen LogP contribution in [-0.4, -0.2) is 1.93 Å². The third-order valence-corrected chi connectivity index (χ3v) is 3.79. The highest BCUT2D eigenvalue weighted by Crippen LogP contribution is 2.32. The van der Waals surface area contributed by atoms with E-state index in [4.69, 9.17) is 0 Å². The van der Waals surface area contributed by atoms with Crippen molar-refractivity contribution in [3.8, 4) is 0 Å². The first-order chi connectivity index (χ1) is 5.70. The molecule has 0 nitrogen and oxygen atoms in total. The summed E-state index contributed by atoms with van der Waals surface area (Å²) >= 11 is 7.45. The van der Waals surface area contributed by atoms with Crippen LogP contribution in [0.3, 0.4) is 0 Å². The maximum Gasteiger partial charge on any atom is 0.0639 e. The Labute approximate surface area is 114 Å². The van der Waals surface area contributed by atoms with Crippen LogP contribution in [0.5, 0.6) is 0 Å². The highest BCUT2D eigenvalue weighted by atomic mass is 127. The van der Waals surface area contributed by atoms with Gasteiger partial charge in [-0.3, -0.25) is 0 Å². The minimum atomic E-state index is 0.655. The monoisotopic (exact) mass is 498 g/mol. The van der Waals surface area contributed by atoms with Crippen LogP contribution in [0.4, 0.5) is 0 Å². The van der Waals surface area contributed by atoms with Crippen molar-refractivity contribution in [2.24, 2.45) is 0 Å². The maximum absolute atomic E-state index is 2.51. The number of hydrogen-bond acceptors (Lipinski definition) is 0. The topological polar surface area (TPSA) is 0 Å². The molecule has 0 saturated carbocycles. The van der Waals surface area contributed by atoms with Gasteiger partial charge in [0, 0.05) is 3.92 Å². The van der Waals surface area contributed by atoms with Gasteiger partial charge in [0.2, 0.25) is 0 Å². The van der Waals surface area contributed by atoms with E-state index < -0.39 is 0 Å². The van der Waals surface area contributed by atoms with Gasteiger partial charge < -0.3 is 0 Å². The molecule has 0 fully saturated rings. The van der Waals surface area contributed by atoms with Crippen LogP contribution < -0.4 is 0 Å². The molecular weight excluding hydrogens is 489 g/mol. The fraction of sp³-hybridized carbons (Fsp3) is 0.333. The van der Waals surface area contributed by atoms with Crippen molar-refractivity contribution in [2.75, 3.05) is 0 Å². The van der Waals surface area contributed by atoms with Gasteiger partial charge in [-0.1, -0.05) is 98.1 Å². The lowest BCUT2D eigenvalue weighted by Gasteiger charge is -2.10. The van der Waals surface area contributed by atoms with Crippen molar-refractivity contribution in [3.05, 3.63) is 35.9 Å². The number of benzene rings is 1. The van der Waals surface area contributed by atoms with Gasteiger partial charge in [0.1, 0.15) is 0 Å². The van der Waals surface area contributed by atoms with E-state index in [2.05, 4.69) is 98.1 Å². The zero-order valence-corrected chi connectivity index (χ0v) is 12.9. The second kappa shape index (κ2) is 6.00. The smallest absolute Gasteiger partial charge is 0.0639 e. The van der Waals surface area contributed by atoms with Gasteiger partial charge in [0.15, 0.2) is 0 Å². The van der Waals surface area contributed by atoms with E-state index in [0.29, 0.717) is 3.92 Å². The molecule has 0 radical (unpaired) electrons. The molecule has 0 heterocycles. The van der Waals surface area contributed by atoms with E-state index in [9.17, 15) is 0 Å². The van der Waals surface area contributed by atoms with Crippen LogP contribution in [0.25, 0.3) is 0 Å². The van der Waals surface area contributed by atoms with Crippen molar-refractivity contribution in [2.45, 2.75) is 12.3 Å². The Morgan fingerprint density at radius 3 is 2.08 bits per heavy atom. The summed E-state index contributed by atoms with van der Waals surface area (Å²) in [7, 11) is 0. The molecule has 1 aromatic carbocycles. The zero-order valence-electron chi connectivity index (χ0n) is 6.38. The van der Waals surface area contributed by atoms with Crippen LogP contribution in [-0.2, 0) is 0 Å². The molecule has 0 spiro atoms. The fourth-order valence-corrected chi connectivity index (χ4v) is 4.84. The summed E-state index contributed by atoms with van der Waals surface area (Å²) in [5, 5.41) is 0. The van der Waals surface area contributed by atoms with Crippen LogP contribution in [0.1, 0.15) is 15.9 Å². The Morgan fingerprint density at radius 1 is 1.00 bits per heavy atom. The van der Waals surface area contributed by atoms with Crippen molar-refractivity contribution in [1.29, 1.82) is 0 Å². The summed E-state index contributed by atoms with van der Waals surface area (Å²) in [5.74, 6) is 0. The number of alkyl halides is 3. The van der Waals surface area contributed by atoms with E-state index in [1.165, 1.54) is 12.0 Å². The molecule has 0 saturated heterocycles. The molecule has 0 aliphatic heterocycles. The summed E-state index contributed by atoms with van der Waals surface area (Å²) in [6.45, 7) is 0. The molecule has 0 bridgehead atoms. The first-order valence-electron chi connectivity index (χ1n) is 3.67. The Bertz CT molecular complexity index is 220. The van der Waals surface area contributed by atoms with Crippen molar-refractivity contribution in [1.82, 2.24) is 0 Å². The molecule has 1 aromatic rings. The molecule has 1 rings (SSSR count). The van der Waals surface area contributed by atoms with E-state index in [-0.39, 0.29) is 0 Å². The van der Waals surface area contributed by atoms with Crippen LogP contribution >= 0.6 is 67.8 Å². The molecule has 0 aliphatic carbocycles. The normalized spacial score (nSPS) is 13.3. The first-order valence-corrected chi connectivity index (χ1v) is 7.41. The molecule has 1 atom stereocenters. The minimum Gasteiger partial charge on any atom is -0.0773 e. The molecule has 3 heteroatoms. The van der Waals surface area contributed by atoms with Gasteiger partial charge in [0.25, 0.3) is 0 Å². The highest BCUT2D eigenvalue weighted by molar-refractivity contribution is 14.2. The van der Waals surface area contributed by atoms with Crippen LogP contribution in [0.15, 0.2) is 30.3 Å². The molecule has 66 valence electrons. The third-order valence-electron chi connectivity index (χ3n) is 1.55. The lowest BCUT2D eigenvalue weighted by molar-refractivity contribution is 0.939. The SMILES string of the molecule is IC(I)CC(I)c1ccccc1. The van der Waals surface area contributed by atoms with Gasteiger partial charge >= 0.3 is 0 Å². The van der Waals surface area contributed by atoms with Crippen molar-refractivity contribution >= 4 is 67.8 Å². The largest absolute Gasteiger partial charge is 0.0773 e. The van der Waals surface area contributed by atoms with Gasteiger partial charge in [-0.25, -0.2) is 0 Å². The average Bonchev–Trinajstić information content (AvgIpc) is 2.05. The number of hydrogen-bond donors (Lipinski definition) is 0. The molecule has 0 aromatic heterocycles. The summed E-state index contributed by atoms with van der Waals surface area (Å²) in [6.07, 6.45) is 1.24. The Hall–Kier alpha value is 1.41. The van der Waals surface area contributed by atoms with Crippen LogP contribution in [0.2, 0.25) is 0 Å². The predicted octanol–water partition coefficient (Wildman–Crippen LogP) is 4.75. The zero-order chi connectivity index (χ0) is 8.97. The van der Waals surface area contributed by atoms with Crippen LogP contribution in [0, 0.1) is 0 Å². The lowest BCUT2D eigenvalue weighted by atomic mass is 10.1. The summed E-state index contributed by atoms with van der Waals surface area (Å²) in [6, 6.07) is 10.7. The molecule has 1 unspecified atom stereocenters. The number of halogens is 3. The Kier molecular flexibility index (Phi) is 5.74. The standard InChI is InChI=1S/C9H9I3/c10-8(6-9(11)12)7-4-2-1-3-5-7/h1-5,8-9H,6H2. The fourth-order valence-electron chi connectivity index (χ4n) is 0.954. The lowest BCUT2D eigenvalue weighted by Crippen LogP contribution is -1.94. The second-order valence-corrected chi connectivity index (χ2v) is 9.40. The molecule has 12 heavy (non-hydrogen) atoms. The predicted molar refractivity (Wildman–Crippen MR) is 79.6 cm³/mol. The average molecular weight is 498 g/mol. The van der Waals surface area contributed by atoms with Gasteiger partial charge in [0.05, 0.1) is 1.93 Å². The first kappa shape index (κ1) is 11.5. The second-order valence-electron chi connectivity index (χ2n) is 2.51. The summed E-state index contributed by atoms with van der Waals surface area (Å²) in [5.41, 5.74) is 1.44. The number of rotatable bonds is 3.